The minimum absolute atomic E-state index is 0.0996. The number of carbonyl (C=O) groups excluding carboxylic acids is 3. The Kier molecular flexibility index (Phi) is 9.97. The summed E-state index contributed by atoms with van der Waals surface area (Å²) in [5, 5.41) is 15.0. The molecule has 0 aliphatic heterocycles. The zero-order valence-electron chi connectivity index (χ0n) is 19.3. The number of benzene rings is 1. The molecule has 0 spiro atoms. The van der Waals surface area contributed by atoms with Gasteiger partial charge in [0.1, 0.15) is 18.2 Å². The molecule has 0 unspecified atom stereocenters. The molecule has 3 N–H and O–H groups in total. The van der Waals surface area contributed by atoms with E-state index in [9.17, 15) is 19.5 Å². The van der Waals surface area contributed by atoms with Crippen molar-refractivity contribution in [2.24, 2.45) is 5.92 Å². The van der Waals surface area contributed by atoms with E-state index in [1.165, 1.54) is 0 Å². The van der Waals surface area contributed by atoms with Crippen molar-refractivity contribution >= 4 is 18.0 Å². The maximum atomic E-state index is 12.9. The molecular weight excluding hydrogens is 412 g/mol. The highest BCUT2D eigenvalue weighted by Gasteiger charge is 2.29. The Morgan fingerprint density at radius 1 is 1.09 bits per heavy atom. The van der Waals surface area contributed by atoms with Crippen LogP contribution >= 0.6 is 0 Å². The summed E-state index contributed by atoms with van der Waals surface area (Å²) in [5.74, 6) is -0.630. The molecule has 178 valence electrons. The summed E-state index contributed by atoms with van der Waals surface area (Å²) in [5.41, 5.74) is 0.188. The fourth-order valence-electron chi connectivity index (χ4n) is 3.77. The Morgan fingerprint density at radius 2 is 1.75 bits per heavy atom. The topological polar surface area (TPSA) is 114 Å². The van der Waals surface area contributed by atoms with E-state index in [4.69, 9.17) is 9.47 Å². The van der Waals surface area contributed by atoms with Gasteiger partial charge in [-0.05, 0) is 38.7 Å². The second-order valence-electron chi connectivity index (χ2n) is 9.32. The summed E-state index contributed by atoms with van der Waals surface area (Å²) in [6.45, 7) is 4.93. The van der Waals surface area contributed by atoms with E-state index in [0.29, 0.717) is 12.3 Å². The number of aliphatic hydroxyl groups excluding tert-OH is 1. The maximum absolute atomic E-state index is 12.9. The fraction of sp³-hybridized carbons (Fsp3) is 0.625. The minimum atomic E-state index is -0.811. The molecule has 1 aliphatic carbocycles. The summed E-state index contributed by atoms with van der Waals surface area (Å²) in [6.07, 6.45) is 3.87. The summed E-state index contributed by atoms with van der Waals surface area (Å²) in [6, 6.07) is 7.66. The first-order valence-corrected chi connectivity index (χ1v) is 11.3. The monoisotopic (exact) mass is 448 g/mol. The number of rotatable bonds is 10. The number of alkyl carbamates (subject to hydrolysis) is 1. The molecule has 0 saturated heterocycles. The number of hydrogen-bond donors (Lipinski definition) is 3. The van der Waals surface area contributed by atoms with Gasteiger partial charge in [0, 0.05) is 0 Å². The first kappa shape index (κ1) is 25.6. The Morgan fingerprint density at radius 3 is 2.34 bits per heavy atom. The van der Waals surface area contributed by atoms with Gasteiger partial charge in [-0.25, -0.2) is 4.79 Å². The highest BCUT2D eigenvalue weighted by Crippen LogP contribution is 2.28. The first-order valence-electron chi connectivity index (χ1n) is 11.3. The number of ether oxygens (including phenoxy) is 2. The van der Waals surface area contributed by atoms with Gasteiger partial charge in [-0.2, -0.15) is 0 Å². The van der Waals surface area contributed by atoms with E-state index in [2.05, 4.69) is 10.6 Å². The SMILES string of the molecule is CC(C)(C)OC(=O)C[C@@H](CO)NC(=O)[C@H](CC1CCCC1)NC(=O)OCc1ccccc1. The van der Waals surface area contributed by atoms with E-state index in [1.807, 2.05) is 30.3 Å². The second kappa shape index (κ2) is 12.4. The lowest BCUT2D eigenvalue weighted by atomic mass is 9.97. The van der Waals surface area contributed by atoms with Gasteiger partial charge in [-0.15, -0.1) is 0 Å². The highest BCUT2D eigenvalue weighted by atomic mass is 16.6. The van der Waals surface area contributed by atoms with Crippen molar-refractivity contribution in [1.29, 1.82) is 0 Å². The Labute approximate surface area is 190 Å². The number of carbonyl (C=O) groups is 3. The van der Waals surface area contributed by atoms with Gasteiger partial charge in [0.05, 0.1) is 19.1 Å². The van der Waals surface area contributed by atoms with Crippen LogP contribution in [-0.4, -0.2) is 47.4 Å². The number of amides is 2. The second-order valence-corrected chi connectivity index (χ2v) is 9.32. The standard InChI is InChI=1S/C24H36N2O6/c1-24(2,3)32-21(28)14-19(15-27)25-22(29)20(13-17-9-7-8-10-17)26-23(30)31-16-18-11-5-4-6-12-18/h4-6,11-12,17,19-20,27H,7-10,13-16H2,1-3H3,(H,25,29)(H,26,30)/t19-,20-/m0/s1. The predicted molar refractivity (Wildman–Crippen MR) is 120 cm³/mol. The van der Waals surface area contributed by atoms with Crippen LogP contribution in [0.2, 0.25) is 0 Å². The van der Waals surface area contributed by atoms with Crippen molar-refractivity contribution in [1.82, 2.24) is 10.6 Å². The van der Waals surface area contributed by atoms with Gasteiger partial charge >= 0.3 is 12.1 Å². The van der Waals surface area contributed by atoms with Crippen molar-refractivity contribution in [3.8, 4) is 0 Å². The third kappa shape index (κ3) is 9.68. The summed E-state index contributed by atoms with van der Waals surface area (Å²) in [4.78, 5) is 37.4. The van der Waals surface area contributed by atoms with Crippen LogP contribution in [0.3, 0.4) is 0 Å². The molecule has 1 fully saturated rings. The lowest BCUT2D eigenvalue weighted by Crippen LogP contribution is -2.51. The minimum Gasteiger partial charge on any atom is -0.460 e. The van der Waals surface area contributed by atoms with Crippen LogP contribution in [-0.2, 0) is 25.7 Å². The van der Waals surface area contributed by atoms with Crippen LogP contribution in [0.5, 0.6) is 0 Å². The first-order chi connectivity index (χ1) is 15.2. The molecule has 2 rings (SSSR count). The average Bonchev–Trinajstić information content (AvgIpc) is 3.23. The van der Waals surface area contributed by atoms with E-state index < -0.39 is 42.3 Å². The molecule has 2 amide bonds. The summed E-state index contributed by atoms with van der Waals surface area (Å²) >= 11 is 0. The molecule has 0 aromatic heterocycles. The summed E-state index contributed by atoms with van der Waals surface area (Å²) in [7, 11) is 0. The quantitative estimate of drug-likeness (QED) is 0.474. The predicted octanol–water partition coefficient (Wildman–Crippen LogP) is 3.07. The smallest absolute Gasteiger partial charge is 0.408 e. The fourth-order valence-corrected chi connectivity index (χ4v) is 3.77. The van der Waals surface area contributed by atoms with E-state index in [1.54, 1.807) is 20.8 Å². The molecule has 1 aromatic rings. The van der Waals surface area contributed by atoms with Crippen molar-refractivity contribution in [2.45, 2.75) is 83.6 Å². The molecular formula is C24H36N2O6. The van der Waals surface area contributed by atoms with Crippen LogP contribution in [0.4, 0.5) is 4.79 Å². The van der Waals surface area contributed by atoms with Gasteiger partial charge in [0.15, 0.2) is 0 Å². The van der Waals surface area contributed by atoms with Crippen LogP contribution < -0.4 is 10.6 Å². The van der Waals surface area contributed by atoms with Gasteiger partial charge in [-0.1, -0.05) is 56.0 Å². The average molecular weight is 449 g/mol. The van der Waals surface area contributed by atoms with Crippen molar-refractivity contribution in [2.75, 3.05) is 6.61 Å². The van der Waals surface area contributed by atoms with Crippen LogP contribution in [0.1, 0.15) is 64.9 Å². The molecule has 32 heavy (non-hydrogen) atoms. The summed E-state index contributed by atoms with van der Waals surface area (Å²) < 4.78 is 10.5. The maximum Gasteiger partial charge on any atom is 0.408 e. The molecule has 8 heteroatoms. The third-order valence-corrected chi connectivity index (χ3v) is 5.26. The largest absolute Gasteiger partial charge is 0.460 e. The number of aliphatic hydroxyl groups is 1. The molecule has 0 heterocycles. The van der Waals surface area contributed by atoms with Crippen molar-refractivity contribution in [3.05, 3.63) is 35.9 Å². The number of esters is 1. The molecule has 0 bridgehead atoms. The van der Waals surface area contributed by atoms with Gasteiger partial charge in [0.25, 0.3) is 0 Å². The normalized spacial score (nSPS) is 16.1. The lowest BCUT2D eigenvalue weighted by Gasteiger charge is -2.25. The highest BCUT2D eigenvalue weighted by molar-refractivity contribution is 5.86. The molecule has 8 nitrogen and oxygen atoms in total. The van der Waals surface area contributed by atoms with Crippen LogP contribution in [0.15, 0.2) is 30.3 Å². The Hall–Kier alpha value is -2.61. The van der Waals surface area contributed by atoms with Crippen LogP contribution in [0, 0.1) is 5.92 Å². The zero-order valence-corrected chi connectivity index (χ0v) is 19.3. The van der Waals surface area contributed by atoms with Gasteiger partial charge < -0.3 is 25.2 Å². The van der Waals surface area contributed by atoms with Gasteiger partial charge in [0.2, 0.25) is 5.91 Å². The molecule has 1 saturated carbocycles. The molecule has 1 aliphatic rings. The lowest BCUT2D eigenvalue weighted by molar-refractivity contribution is -0.155. The molecule has 1 aromatic carbocycles. The zero-order chi connectivity index (χ0) is 23.6. The van der Waals surface area contributed by atoms with Crippen molar-refractivity contribution < 1.29 is 29.0 Å². The third-order valence-electron chi connectivity index (χ3n) is 5.26. The number of nitrogens with one attached hydrogen (secondary N) is 2. The van der Waals surface area contributed by atoms with E-state index >= 15 is 0 Å². The van der Waals surface area contributed by atoms with Gasteiger partial charge in [-0.3, -0.25) is 9.59 Å². The Bertz CT molecular complexity index is 741. The Balaban J connectivity index is 1.95. The van der Waals surface area contributed by atoms with Crippen LogP contribution in [0.25, 0.3) is 0 Å². The van der Waals surface area contributed by atoms with E-state index in [0.717, 1.165) is 31.2 Å². The molecule has 2 atom stereocenters. The van der Waals surface area contributed by atoms with Crippen molar-refractivity contribution in [3.63, 3.8) is 0 Å². The molecule has 0 radical (unpaired) electrons. The van der Waals surface area contributed by atoms with E-state index in [-0.39, 0.29) is 13.0 Å². The number of hydrogen-bond acceptors (Lipinski definition) is 6.